The van der Waals surface area contributed by atoms with Gasteiger partial charge in [-0.1, -0.05) is 0 Å². The van der Waals surface area contributed by atoms with E-state index in [1.54, 1.807) is 49.0 Å². The largest absolute Gasteiger partial charge is 0.497 e. The SMILES string of the molecule is COc1ccc(CNC(=O)c2cc3c(cnn3C)c(-c3nc(-c4cc(C)nn4CCC(N)=O)cn3C)n2)c(OC)c1. The molecule has 4 heterocycles. The van der Waals surface area contributed by atoms with Crippen LogP contribution in [0.15, 0.2) is 42.7 Å². The molecule has 1 aromatic carbocycles. The molecule has 0 aliphatic heterocycles. The number of benzene rings is 1. The minimum Gasteiger partial charge on any atom is -0.497 e. The molecule has 5 rings (SSSR count). The Hall–Kier alpha value is -5.20. The van der Waals surface area contributed by atoms with Crippen molar-refractivity contribution in [2.45, 2.75) is 26.4 Å². The molecule has 0 saturated carbocycles. The number of nitrogens with two attached hydrogens (primary N) is 1. The molecule has 2 amide bonds. The molecular formula is C28H31N9O4. The summed E-state index contributed by atoms with van der Waals surface area (Å²) in [5.41, 5.74) is 9.79. The highest BCUT2D eigenvalue weighted by molar-refractivity contribution is 5.99. The maximum absolute atomic E-state index is 13.3. The van der Waals surface area contributed by atoms with Gasteiger partial charge in [0.1, 0.15) is 28.6 Å². The lowest BCUT2D eigenvalue weighted by Gasteiger charge is -2.12. The van der Waals surface area contributed by atoms with Crippen LogP contribution in [0.1, 0.15) is 28.2 Å². The number of carbonyl (C=O) groups is 2. The Morgan fingerprint density at radius 1 is 1.07 bits per heavy atom. The molecule has 212 valence electrons. The van der Waals surface area contributed by atoms with E-state index in [-0.39, 0.29) is 24.6 Å². The van der Waals surface area contributed by atoms with Gasteiger partial charge < -0.3 is 25.1 Å². The number of hydrogen-bond acceptors (Lipinski definition) is 8. The Balaban J connectivity index is 1.49. The van der Waals surface area contributed by atoms with E-state index in [2.05, 4.69) is 15.5 Å². The van der Waals surface area contributed by atoms with E-state index in [4.69, 9.17) is 25.2 Å². The molecule has 0 unspecified atom stereocenters. The summed E-state index contributed by atoms with van der Waals surface area (Å²) in [6.45, 7) is 2.44. The van der Waals surface area contributed by atoms with Crippen LogP contribution in [0, 0.1) is 6.92 Å². The maximum Gasteiger partial charge on any atom is 0.270 e. The minimum atomic E-state index is -0.408. The summed E-state index contributed by atoms with van der Waals surface area (Å²) >= 11 is 0. The van der Waals surface area contributed by atoms with Crippen molar-refractivity contribution in [3.63, 3.8) is 0 Å². The van der Waals surface area contributed by atoms with Crippen molar-refractivity contribution in [1.82, 2.24) is 39.4 Å². The number of amides is 2. The summed E-state index contributed by atoms with van der Waals surface area (Å²) in [5, 5.41) is 12.6. The third-order valence-corrected chi connectivity index (χ3v) is 6.73. The quantitative estimate of drug-likeness (QED) is 0.265. The first-order chi connectivity index (χ1) is 19.7. The molecule has 0 bridgehead atoms. The van der Waals surface area contributed by atoms with Crippen molar-refractivity contribution in [3.8, 4) is 34.4 Å². The standard InChI is InChI=1S/C28H31N9O4/c1-16-10-23(37(34-16)9-8-25(29)38)21-15-35(2)27(33-21)26-19-14-31-36(3)22(19)12-20(32-26)28(39)30-13-17-6-7-18(40-4)11-24(17)41-5/h6-7,10-12,14-15H,8-9,13H2,1-5H3,(H2,29,38)(H,30,39). The number of aromatic nitrogens is 7. The third-order valence-electron chi connectivity index (χ3n) is 6.73. The lowest BCUT2D eigenvalue weighted by Crippen LogP contribution is -2.24. The van der Waals surface area contributed by atoms with Crippen LogP contribution < -0.4 is 20.5 Å². The monoisotopic (exact) mass is 557 g/mol. The predicted octanol–water partition coefficient (Wildman–Crippen LogP) is 2.36. The highest BCUT2D eigenvalue weighted by Crippen LogP contribution is 2.30. The molecule has 13 heteroatoms. The third kappa shape index (κ3) is 5.46. The Bertz CT molecular complexity index is 1770. The second-order valence-electron chi connectivity index (χ2n) is 9.59. The maximum atomic E-state index is 13.3. The van der Waals surface area contributed by atoms with Crippen LogP contribution in [0.3, 0.4) is 0 Å². The van der Waals surface area contributed by atoms with E-state index in [9.17, 15) is 9.59 Å². The van der Waals surface area contributed by atoms with Gasteiger partial charge in [0.25, 0.3) is 5.91 Å². The van der Waals surface area contributed by atoms with Gasteiger partial charge in [0.2, 0.25) is 5.91 Å². The number of aryl methyl sites for hydroxylation is 4. The number of methoxy groups -OCH3 is 2. The first kappa shape index (κ1) is 27.4. The number of hydrogen-bond donors (Lipinski definition) is 2. The van der Waals surface area contributed by atoms with E-state index >= 15 is 0 Å². The number of primary amides is 1. The lowest BCUT2D eigenvalue weighted by molar-refractivity contribution is -0.118. The molecule has 0 fully saturated rings. The normalized spacial score (nSPS) is 11.1. The molecule has 0 saturated heterocycles. The highest BCUT2D eigenvalue weighted by Gasteiger charge is 2.21. The van der Waals surface area contributed by atoms with Gasteiger partial charge in [0, 0.05) is 50.3 Å². The van der Waals surface area contributed by atoms with E-state index < -0.39 is 5.91 Å². The van der Waals surface area contributed by atoms with Crippen molar-refractivity contribution < 1.29 is 19.1 Å². The number of fused-ring (bicyclic) bond motifs is 1. The number of nitrogens with zero attached hydrogens (tertiary/aromatic N) is 7. The molecule has 0 atom stereocenters. The number of nitrogens with one attached hydrogen (secondary N) is 1. The van der Waals surface area contributed by atoms with Crippen molar-refractivity contribution in [2.75, 3.05) is 14.2 Å². The Morgan fingerprint density at radius 3 is 2.61 bits per heavy atom. The van der Waals surface area contributed by atoms with Crippen molar-refractivity contribution in [2.24, 2.45) is 19.8 Å². The van der Waals surface area contributed by atoms with Gasteiger partial charge in [-0.2, -0.15) is 10.2 Å². The van der Waals surface area contributed by atoms with Crippen molar-refractivity contribution >= 4 is 22.7 Å². The summed E-state index contributed by atoms with van der Waals surface area (Å²) in [7, 11) is 6.81. The van der Waals surface area contributed by atoms with Gasteiger partial charge in [0.15, 0.2) is 5.82 Å². The fourth-order valence-corrected chi connectivity index (χ4v) is 4.64. The molecule has 0 radical (unpaired) electrons. The van der Waals surface area contributed by atoms with Crippen LogP contribution >= 0.6 is 0 Å². The second kappa shape index (κ2) is 11.1. The zero-order valence-corrected chi connectivity index (χ0v) is 23.5. The highest BCUT2D eigenvalue weighted by atomic mass is 16.5. The van der Waals surface area contributed by atoms with Gasteiger partial charge in [-0.25, -0.2) is 9.97 Å². The van der Waals surface area contributed by atoms with Crippen molar-refractivity contribution in [1.29, 1.82) is 0 Å². The molecule has 5 aromatic rings. The first-order valence-electron chi connectivity index (χ1n) is 12.9. The number of pyridine rings is 1. The van der Waals surface area contributed by atoms with Crippen LogP contribution in [0.5, 0.6) is 11.5 Å². The molecular weight excluding hydrogens is 526 g/mol. The fourth-order valence-electron chi connectivity index (χ4n) is 4.64. The van der Waals surface area contributed by atoms with Gasteiger partial charge in [0.05, 0.1) is 43.9 Å². The van der Waals surface area contributed by atoms with E-state index in [1.807, 2.05) is 42.9 Å². The average Bonchev–Trinajstić information content (AvgIpc) is 3.65. The Labute approximate surface area is 235 Å². The minimum absolute atomic E-state index is 0.158. The van der Waals surface area contributed by atoms with Gasteiger partial charge >= 0.3 is 0 Å². The number of carbonyl (C=O) groups excluding carboxylic acids is 2. The molecule has 4 aromatic heterocycles. The average molecular weight is 558 g/mol. The van der Waals surface area contributed by atoms with E-state index in [0.717, 1.165) is 27.9 Å². The van der Waals surface area contributed by atoms with E-state index in [1.165, 1.54) is 0 Å². The van der Waals surface area contributed by atoms with E-state index in [0.29, 0.717) is 35.3 Å². The Morgan fingerprint density at radius 2 is 1.88 bits per heavy atom. The lowest BCUT2D eigenvalue weighted by atomic mass is 10.1. The number of rotatable bonds is 10. The first-order valence-corrected chi connectivity index (χ1v) is 12.9. The molecule has 0 aliphatic rings. The fraction of sp³-hybridized carbons (Fsp3) is 0.286. The predicted molar refractivity (Wildman–Crippen MR) is 151 cm³/mol. The molecule has 13 nitrogen and oxygen atoms in total. The number of ether oxygens (including phenoxy) is 2. The summed E-state index contributed by atoms with van der Waals surface area (Å²) < 4.78 is 16.0. The van der Waals surface area contributed by atoms with Gasteiger partial charge in [-0.15, -0.1) is 0 Å². The smallest absolute Gasteiger partial charge is 0.270 e. The van der Waals surface area contributed by atoms with Crippen molar-refractivity contribution in [3.05, 3.63) is 59.7 Å². The zero-order valence-electron chi connectivity index (χ0n) is 23.5. The number of imidazole rings is 1. The van der Waals surface area contributed by atoms with Crippen LogP contribution in [0.2, 0.25) is 0 Å². The van der Waals surface area contributed by atoms with Gasteiger partial charge in [-0.05, 0) is 31.2 Å². The molecule has 0 aliphatic carbocycles. The topological polar surface area (TPSA) is 157 Å². The molecule has 41 heavy (non-hydrogen) atoms. The molecule has 0 spiro atoms. The van der Waals surface area contributed by atoms with Gasteiger partial charge in [-0.3, -0.25) is 19.0 Å². The summed E-state index contributed by atoms with van der Waals surface area (Å²) in [6.07, 6.45) is 3.72. The van der Waals surface area contributed by atoms with Crippen LogP contribution in [0.25, 0.3) is 33.8 Å². The zero-order chi connectivity index (χ0) is 29.3. The second-order valence-corrected chi connectivity index (χ2v) is 9.59. The molecule has 3 N–H and O–H groups in total. The summed E-state index contributed by atoms with van der Waals surface area (Å²) in [6, 6.07) is 9.02. The van der Waals surface area contributed by atoms with Crippen LogP contribution in [0.4, 0.5) is 0 Å². The van der Waals surface area contributed by atoms with Crippen LogP contribution in [-0.4, -0.2) is 60.1 Å². The van der Waals surface area contributed by atoms with Crippen LogP contribution in [-0.2, 0) is 32.0 Å². The summed E-state index contributed by atoms with van der Waals surface area (Å²) in [4.78, 5) is 34.3. The summed E-state index contributed by atoms with van der Waals surface area (Å²) in [5.74, 6) is 1.04. The Kier molecular flexibility index (Phi) is 7.42.